The Morgan fingerprint density at radius 1 is 1.44 bits per heavy atom. The predicted octanol–water partition coefficient (Wildman–Crippen LogP) is 3.17. The summed E-state index contributed by atoms with van der Waals surface area (Å²) in [4.78, 5) is 2.35. The molecule has 1 aromatic heterocycles. The van der Waals surface area contributed by atoms with Crippen LogP contribution in [0.1, 0.15) is 44.9 Å². The van der Waals surface area contributed by atoms with Crippen LogP contribution in [0, 0.1) is 12.8 Å². The first-order chi connectivity index (χ1) is 8.39. The third-order valence-electron chi connectivity index (χ3n) is 4.00. The molecular formula is C15H28N2O. The average Bonchev–Trinajstić information content (AvgIpc) is 2.72. The standard InChI is InChI=1S/C15H28N2O/c1-12(2)6-8-15(4,11-16)17(5)10-14-7-9-18-13(14)3/h7,9,12H,6,8,10-11,16H2,1-5H3. The smallest absolute Gasteiger partial charge is 0.105 e. The van der Waals surface area contributed by atoms with Crippen LogP contribution in [0.4, 0.5) is 0 Å². The van der Waals surface area contributed by atoms with Crippen molar-refractivity contribution in [2.45, 2.75) is 52.6 Å². The lowest BCUT2D eigenvalue weighted by atomic mass is 9.90. The molecule has 0 amide bonds. The normalized spacial score (nSPS) is 15.3. The zero-order valence-electron chi connectivity index (χ0n) is 12.5. The second kappa shape index (κ2) is 6.39. The van der Waals surface area contributed by atoms with Gasteiger partial charge in [0.25, 0.3) is 0 Å². The number of furan rings is 1. The summed E-state index contributed by atoms with van der Waals surface area (Å²) in [6.45, 7) is 10.4. The first-order valence-electron chi connectivity index (χ1n) is 6.83. The molecule has 1 atom stereocenters. The molecule has 0 aliphatic rings. The molecule has 1 aromatic rings. The Labute approximate surface area is 111 Å². The minimum atomic E-state index is 0.0635. The van der Waals surface area contributed by atoms with Crippen molar-refractivity contribution < 1.29 is 4.42 Å². The van der Waals surface area contributed by atoms with Crippen LogP contribution in [0.15, 0.2) is 16.7 Å². The van der Waals surface area contributed by atoms with Crippen molar-refractivity contribution in [3.63, 3.8) is 0 Å². The largest absolute Gasteiger partial charge is 0.469 e. The maximum absolute atomic E-state index is 6.00. The molecular weight excluding hydrogens is 224 g/mol. The molecule has 2 N–H and O–H groups in total. The zero-order valence-corrected chi connectivity index (χ0v) is 12.5. The highest BCUT2D eigenvalue weighted by atomic mass is 16.3. The Kier molecular flexibility index (Phi) is 5.42. The van der Waals surface area contributed by atoms with Crippen molar-refractivity contribution in [2.24, 2.45) is 11.7 Å². The third-order valence-corrected chi connectivity index (χ3v) is 4.00. The van der Waals surface area contributed by atoms with E-state index in [1.165, 1.54) is 12.0 Å². The van der Waals surface area contributed by atoms with E-state index >= 15 is 0 Å². The lowest BCUT2D eigenvalue weighted by molar-refractivity contribution is 0.118. The van der Waals surface area contributed by atoms with Crippen LogP contribution in [0.2, 0.25) is 0 Å². The molecule has 0 fully saturated rings. The van der Waals surface area contributed by atoms with Crippen LogP contribution in [0.25, 0.3) is 0 Å². The van der Waals surface area contributed by atoms with Crippen LogP contribution in [0.3, 0.4) is 0 Å². The number of nitrogens with two attached hydrogens (primary N) is 1. The third kappa shape index (κ3) is 3.85. The Morgan fingerprint density at radius 2 is 2.11 bits per heavy atom. The van der Waals surface area contributed by atoms with Crippen molar-refractivity contribution in [3.8, 4) is 0 Å². The summed E-state index contributed by atoms with van der Waals surface area (Å²) in [5.74, 6) is 1.73. The van der Waals surface area contributed by atoms with Gasteiger partial charge in [-0.3, -0.25) is 4.90 Å². The van der Waals surface area contributed by atoms with Gasteiger partial charge in [-0.25, -0.2) is 0 Å². The number of hydrogen-bond donors (Lipinski definition) is 1. The topological polar surface area (TPSA) is 42.4 Å². The van der Waals surface area contributed by atoms with E-state index < -0.39 is 0 Å². The number of rotatable bonds is 7. The summed E-state index contributed by atoms with van der Waals surface area (Å²) in [6.07, 6.45) is 4.10. The van der Waals surface area contributed by atoms with E-state index in [-0.39, 0.29) is 5.54 Å². The Morgan fingerprint density at radius 3 is 2.56 bits per heavy atom. The first-order valence-corrected chi connectivity index (χ1v) is 6.83. The minimum Gasteiger partial charge on any atom is -0.469 e. The van der Waals surface area contributed by atoms with Crippen molar-refractivity contribution in [3.05, 3.63) is 23.7 Å². The van der Waals surface area contributed by atoms with Crippen molar-refractivity contribution in [1.82, 2.24) is 4.90 Å². The number of hydrogen-bond acceptors (Lipinski definition) is 3. The van der Waals surface area contributed by atoms with Gasteiger partial charge in [0.1, 0.15) is 5.76 Å². The highest BCUT2D eigenvalue weighted by Crippen LogP contribution is 2.24. The van der Waals surface area contributed by atoms with E-state index in [2.05, 4.69) is 32.7 Å². The molecule has 0 spiro atoms. The quantitative estimate of drug-likeness (QED) is 0.810. The average molecular weight is 252 g/mol. The van der Waals surface area contributed by atoms with Gasteiger partial charge in [0, 0.05) is 24.2 Å². The second-order valence-corrected chi connectivity index (χ2v) is 5.99. The van der Waals surface area contributed by atoms with Crippen LogP contribution in [0.5, 0.6) is 0 Å². The van der Waals surface area contributed by atoms with Gasteiger partial charge in [-0.15, -0.1) is 0 Å². The molecule has 104 valence electrons. The Balaban J connectivity index is 2.66. The van der Waals surface area contributed by atoms with Crippen molar-refractivity contribution >= 4 is 0 Å². The highest BCUT2D eigenvalue weighted by Gasteiger charge is 2.28. The number of aryl methyl sites for hydroxylation is 1. The second-order valence-electron chi connectivity index (χ2n) is 5.99. The molecule has 0 radical (unpaired) electrons. The van der Waals surface area contributed by atoms with Crippen LogP contribution in [-0.4, -0.2) is 24.0 Å². The van der Waals surface area contributed by atoms with E-state index in [0.29, 0.717) is 6.54 Å². The number of nitrogens with zero attached hydrogens (tertiary/aromatic N) is 1. The molecule has 1 rings (SSSR count). The monoisotopic (exact) mass is 252 g/mol. The van der Waals surface area contributed by atoms with E-state index in [1.807, 2.05) is 13.0 Å². The molecule has 0 aliphatic heterocycles. The lowest BCUT2D eigenvalue weighted by Crippen LogP contribution is -2.49. The molecule has 0 aliphatic carbocycles. The fraction of sp³-hybridized carbons (Fsp3) is 0.733. The molecule has 3 heteroatoms. The Bertz CT molecular complexity index is 359. The van der Waals surface area contributed by atoms with Gasteiger partial charge in [-0.05, 0) is 45.7 Å². The molecule has 3 nitrogen and oxygen atoms in total. The van der Waals surface area contributed by atoms with Gasteiger partial charge >= 0.3 is 0 Å². The molecule has 0 aromatic carbocycles. The van der Waals surface area contributed by atoms with Crippen LogP contribution in [-0.2, 0) is 6.54 Å². The van der Waals surface area contributed by atoms with Gasteiger partial charge in [-0.1, -0.05) is 13.8 Å². The van der Waals surface area contributed by atoms with Gasteiger partial charge in [0.15, 0.2) is 0 Å². The van der Waals surface area contributed by atoms with Crippen LogP contribution < -0.4 is 5.73 Å². The fourth-order valence-electron chi connectivity index (χ4n) is 2.07. The molecule has 1 unspecified atom stereocenters. The highest BCUT2D eigenvalue weighted by molar-refractivity contribution is 5.15. The summed E-state index contributed by atoms with van der Waals surface area (Å²) in [5.41, 5.74) is 7.31. The van der Waals surface area contributed by atoms with Gasteiger partial charge in [0.2, 0.25) is 0 Å². The Hall–Kier alpha value is -0.800. The maximum Gasteiger partial charge on any atom is 0.105 e. The number of likely N-dealkylation sites (N-methyl/N-ethyl adjacent to an activating group) is 1. The summed E-state index contributed by atoms with van der Waals surface area (Å²) in [6, 6.07) is 2.05. The molecule has 18 heavy (non-hydrogen) atoms. The minimum absolute atomic E-state index is 0.0635. The van der Waals surface area contributed by atoms with E-state index in [9.17, 15) is 0 Å². The lowest BCUT2D eigenvalue weighted by Gasteiger charge is -2.38. The molecule has 0 bridgehead atoms. The maximum atomic E-state index is 6.00. The predicted molar refractivity (Wildman–Crippen MR) is 76.4 cm³/mol. The SMILES string of the molecule is Cc1occc1CN(C)C(C)(CN)CCC(C)C. The van der Waals surface area contributed by atoms with E-state index in [1.54, 1.807) is 6.26 Å². The summed E-state index contributed by atoms with van der Waals surface area (Å²) < 4.78 is 5.35. The summed E-state index contributed by atoms with van der Waals surface area (Å²) >= 11 is 0. The first kappa shape index (κ1) is 15.3. The van der Waals surface area contributed by atoms with Crippen molar-refractivity contribution in [1.29, 1.82) is 0 Å². The van der Waals surface area contributed by atoms with Gasteiger partial charge in [0.05, 0.1) is 6.26 Å². The van der Waals surface area contributed by atoms with Gasteiger partial charge in [-0.2, -0.15) is 0 Å². The van der Waals surface area contributed by atoms with Gasteiger partial charge < -0.3 is 10.2 Å². The molecule has 0 saturated heterocycles. The van der Waals surface area contributed by atoms with E-state index in [4.69, 9.17) is 10.2 Å². The molecule has 0 saturated carbocycles. The van der Waals surface area contributed by atoms with Crippen molar-refractivity contribution in [2.75, 3.05) is 13.6 Å². The summed E-state index contributed by atoms with van der Waals surface area (Å²) in [5, 5.41) is 0. The van der Waals surface area contributed by atoms with Crippen LogP contribution >= 0.6 is 0 Å². The molecule has 1 heterocycles. The summed E-state index contributed by atoms with van der Waals surface area (Å²) in [7, 11) is 2.15. The zero-order chi connectivity index (χ0) is 13.8. The fourth-order valence-corrected chi connectivity index (χ4v) is 2.07. The van der Waals surface area contributed by atoms with E-state index in [0.717, 1.165) is 24.6 Å².